The first kappa shape index (κ1) is 6.92. The Bertz CT molecular complexity index is 37.1. The summed E-state index contributed by atoms with van der Waals surface area (Å²) in [6, 6.07) is 0. The highest BCUT2D eigenvalue weighted by Gasteiger charge is 1.90. The number of rotatable bonds is 3. The fourth-order valence-corrected chi connectivity index (χ4v) is 0.407. The van der Waals surface area contributed by atoms with Crippen molar-refractivity contribution in [3.63, 3.8) is 0 Å². The molecule has 0 heterocycles. The summed E-state index contributed by atoms with van der Waals surface area (Å²) in [4.78, 5) is 0. The molecule has 0 amide bonds. The maximum absolute atomic E-state index is 5.47. The molecule has 0 radical (unpaired) electrons. The summed E-state index contributed by atoms with van der Waals surface area (Å²) in [5, 5.41) is 3.07. The molecule has 0 aromatic heterocycles. The van der Waals surface area contributed by atoms with Crippen molar-refractivity contribution in [1.82, 2.24) is 5.32 Å². The second kappa shape index (κ2) is 4.09. The third-order valence-corrected chi connectivity index (χ3v) is 0.906. The van der Waals surface area contributed by atoms with Gasteiger partial charge in [-0.3, -0.25) is 0 Å². The fraction of sp³-hybridized carbons (Fsp3) is 1.00. The van der Waals surface area contributed by atoms with Crippen molar-refractivity contribution < 1.29 is 0 Å². The Morgan fingerprint density at radius 2 is 2.14 bits per heavy atom. The lowest BCUT2D eigenvalue weighted by Crippen LogP contribution is -2.36. The number of hydrogen-bond donors (Lipinski definition) is 2. The molecule has 0 aliphatic carbocycles. The minimum Gasteiger partial charge on any atom is -0.316 e. The van der Waals surface area contributed by atoms with Crippen LogP contribution < -0.4 is 11.1 Å². The standard InChI is InChI=1S/C5H14N2/c1-3-5(6)7-4-2/h5,7H,3-4,6H2,1-2H3/t5-/m1/s1. The van der Waals surface area contributed by atoms with Gasteiger partial charge in [-0.1, -0.05) is 13.8 Å². The molecule has 0 fully saturated rings. The van der Waals surface area contributed by atoms with Gasteiger partial charge in [0.2, 0.25) is 0 Å². The van der Waals surface area contributed by atoms with E-state index in [4.69, 9.17) is 5.73 Å². The van der Waals surface area contributed by atoms with Gasteiger partial charge in [0.05, 0.1) is 6.17 Å². The first-order valence-corrected chi connectivity index (χ1v) is 2.80. The number of nitrogens with one attached hydrogen (secondary N) is 1. The first-order valence-electron chi connectivity index (χ1n) is 2.80. The van der Waals surface area contributed by atoms with Gasteiger partial charge in [-0.05, 0) is 13.0 Å². The van der Waals surface area contributed by atoms with Crippen LogP contribution in [0.25, 0.3) is 0 Å². The zero-order chi connectivity index (χ0) is 5.70. The van der Waals surface area contributed by atoms with E-state index in [9.17, 15) is 0 Å². The summed E-state index contributed by atoms with van der Waals surface area (Å²) in [6.45, 7) is 5.08. The lowest BCUT2D eigenvalue weighted by Gasteiger charge is -2.06. The highest BCUT2D eigenvalue weighted by molar-refractivity contribution is 4.50. The van der Waals surface area contributed by atoms with Gasteiger partial charge in [0.25, 0.3) is 0 Å². The summed E-state index contributed by atoms with van der Waals surface area (Å²) in [6.07, 6.45) is 1.21. The van der Waals surface area contributed by atoms with E-state index in [-0.39, 0.29) is 6.17 Å². The van der Waals surface area contributed by atoms with Crippen molar-refractivity contribution in [3.05, 3.63) is 0 Å². The topological polar surface area (TPSA) is 38.0 Å². The summed E-state index contributed by atoms with van der Waals surface area (Å²) in [5.41, 5.74) is 5.47. The third kappa shape index (κ3) is 3.76. The monoisotopic (exact) mass is 102 g/mol. The molecule has 0 aliphatic heterocycles. The molecule has 3 N–H and O–H groups in total. The molecular weight excluding hydrogens is 88.1 g/mol. The maximum Gasteiger partial charge on any atom is 0.0543 e. The van der Waals surface area contributed by atoms with E-state index in [0.717, 1.165) is 13.0 Å². The molecule has 0 aliphatic rings. The maximum atomic E-state index is 5.47. The van der Waals surface area contributed by atoms with E-state index >= 15 is 0 Å². The van der Waals surface area contributed by atoms with Crippen molar-refractivity contribution in [3.8, 4) is 0 Å². The van der Waals surface area contributed by atoms with Gasteiger partial charge in [0, 0.05) is 0 Å². The van der Waals surface area contributed by atoms with Crippen molar-refractivity contribution in [1.29, 1.82) is 0 Å². The normalized spacial score (nSPS) is 14.1. The largest absolute Gasteiger partial charge is 0.316 e. The van der Waals surface area contributed by atoms with Crippen LogP contribution >= 0.6 is 0 Å². The molecule has 0 rings (SSSR count). The van der Waals surface area contributed by atoms with Crippen LogP contribution in [0.1, 0.15) is 20.3 Å². The Morgan fingerprint density at radius 1 is 1.57 bits per heavy atom. The minimum atomic E-state index is 0.199. The van der Waals surface area contributed by atoms with Gasteiger partial charge in [-0.2, -0.15) is 0 Å². The molecule has 2 nitrogen and oxygen atoms in total. The van der Waals surface area contributed by atoms with Crippen LogP contribution in [-0.4, -0.2) is 12.7 Å². The Morgan fingerprint density at radius 3 is 2.29 bits per heavy atom. The summed E-state index contributed by atoms with van der Waals surface area (Å²) >= 11 is 0. The molecule has 0 saturated carbocycles. The molecule has 0 aromatic carbocycles. The van der Waals surface area contributed by atoms with Crippen LogP contribution in [0.2, 0.25) is 0 Å². The Balaban J connectivity index is 2.83. The zero-order valence-electron chi connectivity index (χ0n) is 5.07. The van der Waals surface area contributed by atoms with Gasteiger partial charge in [0.15, 0.2) is 0 Å². The van der Waals surface area contributed by atoms with E-state index in [1.807, 2.05) is 0 Å². The molecule has 44 valence electrons. The van der Waals surface area contributed by atoms with Crippen molar-refractivity contribution >= 4 is 0 Å². The molecule has 7 heavy (non-hydrogen) atoms. The van der Waals surface area contributed by atoms with Crippen molar-refractivity contribution in [2.45, 2.75) is 26.4 Å². The Labute approximate surface area is 45.1 Å². The zero-order valence-corrected chi connectivity index (χ0v) is 5.07. The van der Waals surface area contributed by atoms with Crippen LogP contribution in [0, 0.1) is 0 Å². The van der Waals surface area contributed by atoms with Gasteiger partial charge in [-0.15, -0.1) is 0 Å². The van der Waals surface area contributed by atoms with E-state index < -0.39 is 0 Å². The predicted molar refractivity (Wildman–Crippen MR) is 31.9 cm³/mol. The van der Waals surface area contributed by atoms with Gasteiger partial charge < -0.3 is 11.1 Å². The third-order valence-electron chi connectivity index (χ3n) is 0.906. The van der Waals surface area contributed by atoms with E-state index in [0.29, 0.717) is 0 Å². The highest BCUT2D eigenvalue weighted by atomic mass is 15.0. The lowest BCUT2D eigenvalue weighted by molar-refractivity contribution is 0.531. The molecule has 0 aromatic rings. The minimum absolute atomic E-state index is 0.199. The fourth-order valence-electron chi connectivity index (χ4n) is 0.407. The predicted octanol–water partition coefficient (Wildman–Crippen LogP) is 0.291. The van der Waals surface area contributed by atoms with E-state index in [1.54, 1.807) is 0 Å². The van der Waals surface area contributed by atoms with Crippen LogP contribution in [0.15, 0.2) is 0 Å². The first-order chi connectivity index (χ1) is 3.31. The summed E-state index contributed by atoms with van der Waals surface area (Å²) in [7, 11) is 0. The van der Waals surface area contributed by atoms with Crippen LogP contribution in [0.5, 0.6) is 0 Å². The van der Waals surface area contributed by atoms with Gasteiger partial charge in [-0.25, -0.2) is 0 Å². The molecule has 0 unspecified atom stereocenters. The van der Waals surface area contributed by atoms with Crippen LogP contribution in [0.3, 0.4) is 0 Å². The van der Waals surface area contributed by atoms with Gasteiger partial charge >= 0.3 is 0 Å². The lowest BCUT2D eigenvalue weighted by atomic mass is 10.4. The molecule has 0 spiro atoms. The summed E-state index contributed by atoms with van der Waals surface area (Å²) in [5.74, 6) is 0. The van der Waals surface area contributed by atoms with Gasteiger partial charge in [0.1, 0.15) is 0 Å². The Kier molecular flexibility index (Phi) is 4.04. The molecule has 2 heteroatoms. The SMILES string of the molecule is CCN[C@@H](N)CC. The van der Waals surface area contributed by atoms with E-state index in [1.165, 1.54) is 0 Å². The highest BCUT2D eigenvalue weighted by Crippen LogP contribution is 1.76. The number of hydrogen-bond acceptors (Lipinski definition) is 2. The second-order valence-corrected chi connectivity index (χ2v) is 1.57. The van der Waals surface area contributed by atoms with Crippen molar-refractivity contribution in [2.24, 2.45) is 5.73 Å². The number of nitrogens with two attached hydrogens (primary N) is 1. The van der Waals surface area contributed by atoms with Crippen LogP contribution in [-0.2, 0) is 0 Å². The molecular formula is C5H14N2. The molecule has 1 atom stereocenters. The molecule has 0 bridgehead atoms. The average molecular weight is 102 g/mol. The second-order valence-electron chi connectivity index (χ2n) is 1.57. The molecule has 0 saturated heterocycles. The van der Waals surface area contributed by atoms with Crippen molar-refractivity contribution in [2.75, 3.05) is 6.54 Å². The summed E-state index contributed by atoms with van der Waals surface area (Å²) < 4.78 is 0. The average Bonchev–Trinajstić information content (AvgIpc) is 1.68. The Hall–Kier alpha value is -0.0800. The van der Waals surface area contributed by atoms with E-state index in [2.05, 4.69) is 19.2 Å². The quantitative estimate of drug-likeness (QED) is 0.503. The van der Waals surface area contributed by atoms with Crippen LogP contribution in [0.4, 0.5) is 0 Å². The smallest absolute Gasteiger partial charge is 0.0543 e.